The molecule has 11 heavy (non-hydrogen) atoms. The Bertz CT molecular complexity index is 168. The molecule has 0 amide bonds. The van der Waals surface area contributed by atoms with Crippen LogP contribution in [0.5, 0.6) is 0 Å². The van der Waals surface area contributed by atoms with E-state index in [1.807, 2.05) is 0 Å². The van der Waals surface area contributed by atoms with Gasteiger partial charge in [-0.1, -0.05) is 12.5 Å². The molecule has 0 aromatic heterocycles. The third-order valence-corrected chi connectivity index (χ3v) is 2.59. The summed E-state index contributed by atoms with van der Waals surface area (Å²) in [4.78, 5) is 10.8. The van der Waals surface area contributed by atoms with E-state index < -0.39 is 5.97 Å². The van der Waals surface area contributed by atoms with Crippen LogP contribution < -0.4 is 0 Å². The molecule has 0 atom stereocenters. The Morgan fingerprint density at radius 3 is 2.55 bits per heavy atom. The Hall–Kier alpha value is -0.790. The van der Waals surface area contributed by atoms with Crippen molar-refractivity contribution in [3.63, 3.8) is 0 Å². The summed E-state index contributed by atoms with van der Waals surface area (Å²) in [6.45, 7) is 3.59. The monoisotopic (exact) mass is 154 g/mol. The highest BCUT2D eigenvalue weighted by molar-refractivity contribution is 5.75. The summed E-state index contributed by atoms with van der Waals surface area (Å²) >= 11 is 0. The number of allylic oxidation sites excluding steroid dienone is 1. The van der Waals surface area contributed by atoms with Gasteiger partial charge in [-0.25, -0.2) is 0 Å². The maximum atomic E-state index is 10.8. The van der Waals surface area contributed by atoms with Crippen LogP contribution in [-0.2, 0) is 4.79 Å². The zero-order valence-corrected chi connectivity index (χ0v) is 6.68. The van der Waals surface area contributed by atoms with Crippen molar-refractivity contribution in [3.8, 4) is 0 Å². The molecule has 2 heteroatoms. The van der Waals surface area contributed by atoms with Crippen LogP contribution in [0.25, 0.3) is 0 Å². The quantitative estimate of drug-likeness (QED) is 0.630. The molecule has 1 rings (SSSR count). The second-order valence-electron chi connectivity index (χ2n) is 3.27. The lowest BCUT2D eigenvalue weighted by atomic mass is 9.66. The summed E-state index contributed by atoms with van der Waals surface area (Å²) in [5, 5.41) is 8.88. The molecule has 2 nitrogen and oxygen atoms in total. The van der Waals surface area contributed by atoms with Gasteiger partial charge in [-0.2, -0.15) is 0 Å². The first kappa shape index (κ1) is 8.31. The van der Waals surface area contributed by atoms with E-state index in [0.29, 0.717) is 0 Å². The van der Waals surface area contributed by atoms with E-state index in [-0.39, 0.29) is 5.41 Å². The highest BCUT2D eigenvalue weighted by Crippen LogP contribution is 2.44. The van der Waals surface area contributed by atoms with Gasteiger partial charge in [0, 0.05) is 0 Å². The molecule has 1 fully saturated rings. The molecule has 0 aromatic carbocycles. The van der Waals surface area contributed by atoms with Gasteiger partial charge in [-0.15, -0.1) is 6.58 Å². The van der Waals surface area contributed by atoms with Gasteiger partial charge < -0.3 is 5.11 Å². The number of carbonyl (C=O) groups is 1. The Morgan fingerprint density at radius 1 is 1.64 bits per heavy atom. The van der Waals surface area contributed by atoms with Crippen molar-refractivity contribution in [2.24, 2.45) is 5.41 Å². The molecular formula is C9H14O2. The third-order valence-electron chi connectivity index (χ3n) is 2.59. The van der Waals surface area contributed by atoms with Crippen molar-refractivity contribution in [2.45, 2.75) is 32.1 Å². The fourth-order valence-corrected chi connectivity index (χ4v) is 1.55. The molecule has 0 aromatic rings. The molecule has 1 aliphatic carbocycles. The number of aliphatic carboxylic acids is 1. The minimum absolute atomic E-state index is 0.381. The number of hydrogen-bond donors (Lipinski definition) is 1. The smallest absolute Gasteiger partial charge is 0.309 e. The summed E-state index contributed by atoms with van der Waals surface area (Å²) in [5.74, 6) is -0.620. The van der Waals surface area contributed by atoms with Crippen LogP contribution in [0, 0.1) is 5.41 Å². The zero-order chi connectivity index (χ0) is 8.32. The van der Waals surface area contributed by atoms with Crippen molar-refractivity contribution in [1.29, 1.82) is 0 Å². The van der Waals surface area contributed by atoms with Crippen LogP contribution in [0.15, 0.2) is 12.7 Å². The third kappa shape index (κ3) is 1.44. The van der Waals surface area contributed by atoms with Crippen molar-refractivity contribution in [3.05, 3.63) is 12.7 Å². The second-order valence-corrected chi connectivity index (χ2v) is 3.27. The van der Waals surface area contributed by atoms with Gasteiger partial charge in [0.1, 0.15) is 0 Å². The zero-order valence-electron chi connectivity index (χ0n) is 6.68. The number of rotatable bonds is 4. The van der Waals surface area contributed by atoms with Gasteiger partial charge in [0.15, 0.2) is 0 Å². The number of carboxylic acids is 1. The van der Waals surface area contributed by atoms with Crippen molar-refractivity contribution >= 4 is 5.97 Å². The molecule has 1 saturated carbocycles. The first-order valence-corrected chi connectivity index (χ1v) is 4.05. The topological polar surface area (TPSA) is 37.3 Å². The van der Waals surface area contributed by atoms with Crippen LogP contribution >= 0.6 is 0 Å². The van der Waals surface area contributed by atoms with Crippen LogP contribution in [-0.4, -0.2) is 11.1 Å². The van der Waals surface area contributed by atoms with E-state index in [1.54, 1.807) is 6.08 Å². The largest absolute Gasteiger partial charge is 0.481 e. The lowest BCUT2D eigenvalue weighted by Crippen LogP contribution is -2.37. The van der Waals surface area contributed by atoms with E-state index >= 15 is 0 Å². The summed E-state index contributed by atoms with van der Waals surface area (Å²) in [5.41, 5.74) is -0.381. The van der Waals surface area contributed by atoms with Crippen LogP contribution in [0.2, 0.25) is 0 Å². The Balaban J connectivity index is 2.46. The van der Waals surface area contributed by atoms with Gasteiger partial charge in [0.25, 0.3) is 0 Å². The molecule has 1 N–H and O–H groups in total. The molecule has 0 radical (unpaired) electrons. The van der Waals surface area contributed by atoms with E-state index in [1.165, 1.54) is 0 Å². The van der Waals surface area contributed by atoms with Crippen LogP contribution in [0.3, 0.4) is 0 Å². The highest BCUT2D eigenvalue weighted by atomic mass is 16.4. The van der Waals surface area contributed by atoms with Gasteiger partial charge >= 0.3 is 5.97 Å². The van der Waals surface area contributed by atoms with Crippen molar-refractivity contribution < 1.29 is 9.90 Å². The standard InChI is InChI=1S/C9H14O2/c1-2-3-5-9(8(10)11)6-4-7-9/h2H,1,3-7H2,(H,10,11). The normalized spacial score (nSPS) is 20.4. The SMILES string of the molecule is C=CCCC1(C(=O)O)CCC1. The number of hydrogen-bond acceptors (Lipinski definition) is 1. The molecule has 0 aliphatic heterocycles. The molecular weight excluding hydrogens is 140 g/mol. The van der Waals surface area contributed by atoms with Gasteiger partial charge in [0.05, 0.1) is 5.41 Å². The summed E-state index contributed by atoms with van der Waals surface area (Å²) < 4.78 is 0. The first-order chi connectivity index (χ1) is 5.21. The van der Waals surface area contributed by atoms with Gasteiger partial charge in [0.2, 0.25) is 0 Å². The molecule has 0 bridgehead atoms. The summed E-state index contributed by atoms with van der Waals surface area (Å²) in [7, 11) is 0. The molecule has 62 valence electrons. The average molecular weight is 154 g/mol. The fourth-order valence-electron chi connectivity index (χ4n) is 1.55. The molecule has 0 heterocycles. The van der Waals surface area contributed by atoms with E-state index in [0.717, 1.165) is 32.1 Å². The lowest BCUT2D eigenvalue weighted by molar-refractivity contribution is -0.155. The van der Waals surface area contributed by atoms with Crippen LogP contribution in [0.1, 0.15) is 32.1 Å². The summed E-state index contributed by atoms with van der Waals surface area (Å²) in [6.07, 6.45) is 6.18. The van der Waals surface area contributed by atoms with Crippen molar-refractivity contribution in [1.82, 2.24) is 0 Å². The predicted octanol–water partition coefficient (Wildman–Crippen LogP) is 2.21. The highest BCUT2D eigenvalue weighted by Gasteiger charge is 2.43. The Labute approximate surface area is 66.9 Å². The molecule has 0 saturated heterocycles. The van der Waals surface area contributed by atoms with Crippen LogP contribution in [0.4, 0.5) is 0 Å². The fraction of sp³-hybridized carbons (Fsp3) is 0.667. The Kier molecular flexibility index (Phi) is 2.32. The summed E-state index contributed by atoms with van der Waals surface area (Å²) in [6, 6.07) is 0. The molecule has 0 spiro atoms. The second kappa shape index (κ2) is 3.07. The Morgan fingerprint density at radius 2 is 2.27 bits per heavy atom. The lowest BCUT2D eigenvalue weighted by Gasteiger charge is -2.37. The van der Waals surface area contributed by atoms with Crippen molar-refractivity contribution in [2.75, 3.05) is 0 Å². The molecule has 1 aliphatic rings. The van der Waals surface area contributed by atoms with E-state index in [9.17, 15) is 4.79 Å². The average Bonchev–Trinajstić information content (AvgIpc) is 1.85. The minimum atomic E-state index is -0.620. The molecule has 0 unspecified atom stereocenters. The van der Waals surface area contributed by atoms with Gasteiger partial charge in [-0.05, 0) is 25.7 Å². The predicted molar refractivity (Wildman–Crippen MR) is 43.4 cm³/mol. The van der Waals surface area contributed by atoms with E-state index in [2.05, 4.69) is 6.58 Å². The van der Waals surface area contributed by atoms with E-state index in [4.69, 9.17) is 5.11 Å². The maximum absolute atomic E-state index is 10.8. The maximum Gasteiger partial charge on any atom is 0.309 e. The van der Waals surface area contributed by atoms with Gasteiger partial charge in [-0.3, -0.25) is 4.79 Å². The number of carboxylic acid groups (broad SMARTS) is 1. The first-order valence-electron chi connectivity index (χ1n) is 4.05. The minimum Gasteiger partial charge on any atom is -0.481 e.